The summed E-state index contributed by atoms with van der Waals surface area (Å²) < 4.78 is 16.6. The summed E-state index contributed by atoms with van der Waals surface area (Å²) in [5.74, 6) is -1.62. The van der Waals surface area contributed by atoms with Crippen molar-refractivity contribution in [1.29, 1.82) is 5.26 Å². The Bertz CT molecular complexity index is 2300. The van der Waals surface area contributed by atoms with E-state index in [4.69, 9.17) is 16.1 Å². The Morgan fingerprint density at radius 3 is 1.28 bits per heavy atom. The van der Waals surface area contributed by atoms with Crippen LogP contribution < -0.4 is 30.3 Å². The van der Waals surface area contributed by atoms with Crippen LogP contribution in [0.2, 0.25) is 0 Å². The molecule has 4 aromatic carbocycles. The number of thiophene rings is 3. The van der Waals surface area contributed by atoms with Crippen LogP contribution in [0.4, 0.5) is 5.69 Å². The molecule has 15 N–H and O–H groups in total. The van der Waals surface area contributed by atoms with Gasteiger partial charge in [-0.1, -0.05) is 116 Å². The molecule has 0 spiro atoms. The smallest absolute Gasteiger partial charge is 0.350 e. The Kier molecular flexibility index (Phi) is 110. The number of nitrogens with zero attached hydrogens (tertiary/aromatic N) is 1. The maximum Gasteiger partial charge on any atom is 0.350 e. The maximum absolute atomic E-state index is 11.3. The van der Waals surface area contributed by atoms with Gasteiger partial charge in [-0.2, -0.15) is 12.6 Å². The van der Waals surface area contributed by atoms with Gasteiger partial charge in [0.05, 0.1) is 32.8 Å². The molecular formula is C51H81N6O8S4WY4-5. The number of nitriles is 1. The molecule has 0 aliphatic rings. The number of carbonyl (C=O) groups is 4. The van der Waals surface area contributed by atoms with Gasteiger partial charge in [-0.25, -0.2) is 14.4 Å². The van der Waals surface area contributed by atoms with Crippen molar-refractivity contribution in [1.82, 2.24) is 24.6 Å². The first-order valence-electron chi connectivity index (χ1n) is 19.2. The third kappa shape index (κ3) is 43.1. The number of esters is 3. The van der Waals surface area contributed by atoms with Gasteiger partial charge in [-0.3, -0.25) is 10.1 Å². The van der Waals surface area contributed by atoms with Crippen LogP contribution in [0.25, 0.3) is 30.3 Å². The van der Waals surface area contributed by atoms with E-state index in [1.807, 2.05) is 152 Å². The standard InChI is InChI=1S/C10H9NO2S.C10H8O2S.C9H6O2S.C7H4N.C3H6O2S.4C2H6.4CH3.4H3N.W.4Y/c1-13-10(12)9-8(11)6-4-2-3-5-7(6)14-9;1-12-10(11)9-6-7-4-2-3-5-8(7)13-9;10-9(11)8-5-6-3-1-2-4-7(6)12-8;8-6-7-4-2-1-3-5-7;1-5-3(4)2-6;4*1-2;;;;;;;;;;;;;/h2-5H,11H2,1H3;2-6H,1H3;1-5H,(H,10,11);1-4H;6H,2H2,1H3;4*1-2H3;8*1H3;;;;;/q;;;-1;;;;;;4*-1;;;;;;;;;. The molecule has 14 nitrogen and oxygen atoms in total. The van der Waals surface area contributed by atoms with Crippen molar-refractivity contribution in [2.24, 2.45) is 0 Å². The minimum absolute atomic E-state index is 0. The van der Waals surface area contributed by atoms with Gasteiger partial charge < -0.3 is 79.4 Å². The number of ether oxygens (including phenoxy) is 3. The quantitative estimate of drug-likeness (QED) is 0.0373. The Morgan fingerprint density at radius 2 is 0.973 bits per heavy atom. The predicted octanol–water partition coefficient (Wildman–Crippen LogP) is 15.5. The number of nitrogen functional groups attached to an aromatic ring is 1. The Balaban J connectivity index is -0.0000000426. The second kappa shape index (κ2) is 72.2. The number of nitrogens with two attached hydrogens (primary N) is 1. The Morgan fingerprint density at radius 1 is 0.595 bits per heavy atom. The van der Waals surface area contributed by atoms with E-state index < -0.39 is 5.97 Å². The zero-order chi connectivity index (χ0) is 46.8. The Hall–Kier alpha value is -0.776. The number of methoxy groups -OCH3 is 3. The van der Waals surface area contributed by atoms with Crippen molar-refractivity contribution in [2.75, 3.05) is 32.8 Å². The molecule has 4 radical (unpaired) electrons. The molecule has 23 heteroatoms. The van der Waals surface area contributed by atoms with E-state index in [2.05, 4.69) is 32.9 Å². The summed E-state index contributed by atoms with van der Waals surface area (Å²) in [5.41, 5.74) is 6.93. The first-order chi connectivity index (χ1) is 29.6. The fraction of sp³-hybridized carbons (Fsp3) is 0.235. The van der Waals surface area contributed by atoms with Crippen LogP contribution in [-0.4, -0.2) is 56.1 Å². The first kappa shape index (κ1) is 113. The van der Waals surface area contributed by atoms with Crippen LogP contribution in [0, 0.1) is 47.1 Å². The van der Waals surface area contributed by atoms with Gasteiger partial charge in [0.25, 0.3) is 0 Å². The Labute approximate surface area is 577 Å². The van der Waals surface area contributed by atoms with E-state index in [1.165, 1.54) is 55.3 Å². The summed E-state index contributed by atoms with van der Waals surface area (Å²) in [7, 11) is 4.08. The molecule has 0 unspecified atom stereocenters. The van der Waals surface area contributed by atoms with E-state index in [1.54, 1.807) is 18.2 Å². The minimum Gasteiger partial charge on any atom is -0.477 e. The number of hydrogen-bond donors (Lipinski definition) is 7. The third-order valence-corrected chi connectivity index (χ3v) is 10.3. The molecule has 0 saturated heterocycles. The number of fused-ring (bicyclic) bond motifs is 3. The van der Waals surface area contributed by atoms with E-state index in [9.17, 15) is 19.2 Å². The zero-order valence-electron chi connectivity index (χ0n) is 46.1. The summed E-state index contributed by atoms with van der Waals surface area (Å²) in [4.78, 5) is 44.5. The van der Waals surface area contributed by atoms with Crippen LogP contribution in [0.3, 0.4) is 0 Å². The summed E-state index contributed by atoms with van der Waals surface area (Å²) in [6.07, 6.45) is 0. The molecule has 410 valence electrons. The SMILES string of the molecule is CC.CC.CC.CC.COC(=O)CS.COC(=O)c1cc2ccccc2s1.COC(=O)c1sc2ccccc2c1N.N.N.N.N.N#Cc1[c-]cccc1.O=C(O)c1cc2ccccc2s1.[CH3-].[CH3-].[CH3-].[CH3-].[W].[Y].[Y].[Y].[Y]. The largest absolute Gasteiger partial charge is 0.477 e. The molecule has 0 amide bonds. The van der Waals surface area contributed by atoms with Crippen LogP contribution in [0.5, 0.6) is 0 Å². The molecule has 74 heavy (non-hydrogen) atoms. The first-order valence-corrected chi connectivity index (χ1v) is 22.3. The normalized spacial score (nSPS) is 7.23. The second-order valence-corrected chi connectivity index (χ2v) is 13.6. The summed E-state index contributed by atoms with van der Waals surface area (Å²) in [6.45, 7) is 16.0. The molecule has 3 aromatic heterocycles. The van der Waals surface area contributed by atoms with Gasteiger partial charge in [0.15, 0.2) is 0 Å². The molecule has 0 atom stereocenters. The summed E-state index contributed by atoms with van der Waals surface area (Å²) in [5, 5.41) is 20.0. The number of rotatable bonds is 4. The number of benzene rings is 4. The molecule has 0 fully saturated rings. The van der Waals surface area contributed by atoms with Crippen molar-refractivity contribution in [3.8, 4) is 6.07 Å². The number of aromatic carboxylic acids is 1. The van der Waals surface area contributed by atoms with Crippen molar-refractivity contribution in [3.05, 3.63) is 165 Å². The molecule has 0 aliphatic heterocycles. The van der Waals surface area contributed by atoms with Crippen molar-refractivity contribution in [2.45, 2.75) is 55.4 Å². The monoisotopic (exact) mass is 1570 g/mol. The molecule has 7 rings (SSSR count). The fourth-order valence-corrected chi connectivity index (χ4v) is 7.16. The van der Waals surface area contributed by atoms with E-state index in [-0.39, 0.29) is 230 Å². The average molecular weight is 1570 g/mol. The fourth-order valence-electron chi connectivity index (χ4n) is 4.11. The van der Waals surface area contributed by atoms with Gasteiger partial charge in [0.2, 0.25) is 0 Å². The molecule has 0 bridgehead atoms. The van der Waals surface area contributed by atoms with Gasteiger partial charge in [0.1, 0.15) is 14.6 Å². The van der Waals surface area contributed by atoms with Crippen LogP contribution in [0.1, 0.15) is 90.0 Å². The van der Waals surface area contributed by atoms with Crippen LogP contribution in [-0.2, 0) is 171 Å². The van der Waals surface area contributed by atoms with Crippen molar-refractivity contribution < 1.29 is 190 Å². The van der Waals surface area contributed by atoms with Crippen LogP contribution in [0.15, 0.2) is 109 Å². The van der Waals surface area contributed by atoms with Crippen LogP contribution >= 0.6 is 46.6 Å². The predicted molar refractivity (Wildman–Crippen MR) is 307 cm³/mol. The topological polar surface area (TPSA) is 306 Å². The number of thiol groups is 1. The average Bonchev–Trinajstić information content (AvgIpc) is 4.08. The van der Waals surface area contributed by atoms with Gasteiger partial charge >= 0.3 is 23.9 Å². The number of hydrogen-bond acceptors (Lipinski definition) is 17. The van der Waals surface area contributed by atoms with Crippen molar-refractivity contribution >= 4 is 106 Å². The van der Waals surface area contributed by atoms with Crippen molar-refractivity contribution in [3.63, 3.8) is 0 Å². The van der Waals surface area contributed by atoms with E-state index in [0.717, 1.165) is 30.3 Å². The number of anilines is 1. The number of carboxylic acids is 1. The molecule has 0 aliphatic carbocycles. The van der Waals surface area contributed by atoms with E-state index >= 15 is 0 Å². The molecule has 3 heterocycles. The summed E-state index contributed by atoms with van der Waals surface area (Å²) in [6, 6.07) is 38.5. The maximum atomic E-state index is 11.3. The zero-order valence-corrected chi connectivity index (χ0v) is 63.8. The third-order valence-electron chi connectivity index (χ3n) is 6.64. The van der Waals surface area contributed by atoms with Gasteiger partial charge in [0, 0.05) is 171 Å². The number of carboxylic acid groups (broad SMARTS) is 1. The molecule has 7 aromatic rings. The summed E-state index contributed by atoms with van der Waals surface area (Å²) >= 11 is 7.74. The molecular weight excluding hydrogens is 1490 g/mol. The number of carbonyl (C=O) groups excluding carboxylic acids is 3. The van der Waals surface area contributed by atoms with E-state index in [0.29, 0.717) is 25.9 Å². The molecule has 0 saturated carbocycles. The minimum atomic E-state index is -0.851. The van der Waals surface area contributed by atoms with Gasteiger partial charge in [-0.05, 0) is 47.2 Å². The second-order valence-electron chi connectivity index (χ2n) is 10.0. The van der Waals surface area contributed by atoms with Gasteiger partial charge in [-0.15, -0.1) is 64.3 Å².